The lowest BCUT2D eigenvalue weighted by molar-refractivity contribution is 0.0592. The van der Waals surface area contributed by atoms with Gasteiger partial charge in [-0.1, -0.05) is 6.92 Å². The fraction of sp³-hybridized carbons (Fsp3) is 1.00. The van der Waals surface area contributed by atoms with Crippen molar-refractivity contribution in [1.29, 1.82) is 0 Å². The first kappa shape index (κ1) is 13.9. The predicted octanol–water partition coefficient (Wildman–Crippen LogP) is -0.652. The summed E-state index contributed by atoms with van der Waals surface area (Å²) in [5, 5.41) is 2.28. The van der Waals surface area contributed by atoms with Crippen molar-refractivity contribution in [1.82, 2.24) is 15.3 Å². The van der Waals surface area contributed by atoms with Crippen LogP contribution in [0.3, 0.4) is 0 Å². The Morgan fingerprint density at radius 1 is 1.31 bits per heavy atom. The summed E-state index contributed by atoms with van der Waals surface area (Å²) in [7, 11) is 3.89. The van der Waals surface area contributed by atoms with Crippen LogP contribution in [0.5, 0.6) is 0 Å². The number of hydrogen-bond donors (Lipinski definition) is 2. The zero-order valence-electron chi connectivity index (χ0n) is 10.8. The first-order valence-electron chi connectivity index (χ1n) is 6.06. The third-order valence-corrected chi connectivity index (χ3v) is 3.22. The summed E-state index contributed by atoms with van der Waals surface area (Å²) in [6, 6.07) is 0.309. The highest BCUT2D eigenvalue weighted by Gasteiger charge is 2.20. The van der Waals surface area contributed by atoms with Crippen molar-refractivity contribution in [3.63, 3.8) is 0 Å². The predicted molar refractivity (Wildman–Crippen MR) is 66.1 cm³/mol. The molecule has 0 spiro atoms. The average Bonchev–Trinajstić information content (AvgIpc) is 2.28. The van der Waals surface area contributed by atoms with Crippen molar-refractivity contribution in [3.8, 4) is 0 Å². The van der Waals surface area contributed by atoms with E-state index in [-0.39, 0.29) is 0 Å². The van der Waals surface area contributed by atoms with Gasteiger partial charge in [-0.15, -0.1) is 0 Å². The van der Waals surface area contributed by atoms with E-state index in [0.717, 1.165) is 32.8 Å². The Labute approximate surface area is 98.9 Å². The van der Waals surface area contributed by atoms with Crippen LogP contribution in [0, 0.1) is 5.92 Å². The normalized spacial score (nSPS) is 23.2. The third-order valence-electron chi connectivity index (χ3n) is 3.22. The van der Waals surface area contributed by atoms with Crippen molar-refractivity contribution in [2.75, 3.05) is 53.5 Å². The highest BCUT2D eigenvalue weighted by atomic mass is 16.5. The third kappa shape index (κ3) is 4.35. The van der Waals surface area contributed by atoms with E-state index in [0.29, 0.717) is 18.5 Å². The van der Waals surface area contributed by atoms with Crippen LogP contribution in [0.4, 0.5) is 0 Å². The quantitative estimate of drug-likeness (QED) is 0.635. The molecule has 0 aromatic rings. The van der Waals surface area contributed by atoms with Gasteiger partial charge in [0.2, 0.25) is 0 Å². The lowest BCUT2D eigenvalue weighted by Crippen LogP contribution is -2.57. The van der Waals surface area contributed by atoms with Gasteiger partial charge in [0.05, 0.1) is 6.61 Å². The van der Waals surface area contributed by atoms with E-state index in [1.807, 2.05) is 0 Å². The monoisotopic (exact) mass is 230 g/mol. The standard InChI is InChI=1S/C11H26N4O/c1-10(9-16-3)11(8-12)13-15-6-4-14(2)5-7-15/h10-11,13H,4-9,12H2,1-3H3. The van der Waals surface area contributed by atoms with Gasteiger partial charge in [0, 0.05) is 45.9 Å². The van der Waals surface area contributed by atoms with Crippen molar-refractivity contribution in [3.05, 3.63) is 0 Å². The minimum absolute atomic E-state index is 0.309. The van der Waals surface area contributed by atoms with Gasteiger partial charge in [0.15, 0.2) is 0 Å². The molecule has 1 rings (SSSR count). The number of hydrazine groups is 1. The lowest BCUT2D eigenvalue weighted by atomic mass is 10.0. The Balaban J connectivity index is 2.32. The Kier molecular flexibility index (Phi) is 6.23. The summed E-state index contributed by atoms with van der Waals surface area (Å²) in [5.41, 5.74) is 9.31. The fourth-order valence-corrected chi connectivity index (χ4v) is 1.96. The maximum atomic E-state index is 5.79. The number of hydrogen-bond acceptors (Lipinski definition) is 5. The number of ether oxygens (including phenoxy) is 1. The van der Waals surface area contributed by atoms with Gasteiger partial charge in [-0.25, -0.2) is 5.01 Å². The Hall–Kier alpha value is -0.200. The molecule has 2 unspecified atom stereocenters. The summed E-state index contributed by atoms with van der Waals surface area (Å²) in [6.07, 6.45) is 0. The smallest absolute Gasteiger partial charge is 0.0503 e. The molecule has 1 aliphatic rings. The van der Waals surface area contributed by atoms with Gasteiger partial charge in [0.25, 0.3) is 0 Å². The zero-order chi connectivity index (χ0) is 12.0. The molecule has 0 bridgehead atoms. The van der Waals surface area contributed by atoms with Crippen LogP contribution < -0.4 is 11.2 Å². The second-order valence-corrected chi connectivity index (χ2v) is 4.69. The first-order chi connectivity index (χ1) is 7.67. The minimum Gasteiger partial charge on any atom is -0.384 e. The SMILES string of the molecule is COCC(C)C(CN)NN1CCN(C)CC1. The van der Waals surface area contributed by atoms with Crippen LogP contribution in [0.25, 0.3) is 0 Å². The van der Waals surface area contributed by atoms with Crippen LogP contribution >= 0.6 is 0 Å². The second-order valence-electron chi connectivity index (χ2n) is 4.69. The molecular weight excluding hydrogens is 204 g/mol. The lowest BCUT2D eigenvalue weighted by Gasteiger charge is -2.36. The number of methoxy groups -OCH3 is 1. The molecule has 0 aromatic carbocycles. The van der Waals surface area contributed by atoms with Crippen LogP contribution in [0.2, 0.25) is 0 Å². The van der Waals surface area contributed by atoms with Crippen molar-refractivity contribution in [2.45, 2.75) is 13.0 Å². The van der Waals surface area contributed by atoms with Crippen LogP contribution in [0.1, 0.15) is 6.92 Å². The zero-order valence-corrected chi connectivity index (χ0v) is 10.8. The molecule has 1 saturated heterocycles. The van der Waals surface area contributed by atoms with Gasteiger partial charge >= 0.3 is 0 Å². The van der Waals surface area contributed by atoms with E-state index in [1.165, 1.54) is 0 Å². The molecule has 0 aliphatic carbocycles. The largest absolute Gasteiger partial charge is 0.384 e. The Morgan fingerprint density at radius 2 is 1.94 bits per heavy atom. The van der Waals surface area contributed by atoms with E-state index >= 15 is 0 Å². The molecular formula is C11H26N4O. The highest BCUT2D eigenvalue weighted by Crippen LogP contribution is 2.05. The van der Waals surface area contributed by atoms with E-state index in [4.69, 9.17) is 10.5 Å². The molecule has 5 nitrogen and oxygen atoms in total. The van der Waals surface area contributed by atoms with Crippen LogP contribution in [-0.4, -0.2) is 69.4 Å². The molecule has 0 saturated carbocycles. The molecule has 16 heavy (non-hydrogen) atoms. The van der Waals surface area contributed by atoms with Gasteiger partial charge in [0.1, 0.15) is 0 Å². The summed E-state index contributed by atoms with van der Waals surface area (Å²) in [4.78, 5) is 2.34. The minimum atomic E-state index is 0.309. The van der Waals surface area contributed by atoms with Crippen molar-refractivity contribution < 1.29 is 4.74 Å². The number of piperazine rings is 1. The molecule has 1 aliphatic heterocycles. The summed E-state index contributed by atoms with van der Waals surface area (Å²) in [6.45, 7) is 7.93. The topological polar surface area (TPSA) is 53.8 Å². The number of rotatable bonds is 6. The van der Waals surface area contributed by atoms with E-state index in [2.05, 4.69) is 29.3 Å². The van der Waals surface area contributed by atoms with Crippen LogP contribution in [-0.2, 0) is 4.74 Å². The van der Waals surface area contributed by atoms with Crippen molar-refractivity contribution in [2.24, 2.45) is 11.7 Å². The fourth-order valence-electron chi connectivity index (χ4n) is 1.96. The summed E-state index contributed by atoms with van der Waals surface area (Å²) < 4.78 is 5.17. The van der Waals surface area contributed by atoms with Gasteiger partial charge in [-0.05, 0) is 13.0 Å². The molecule has 3 N–H and O–H groups in total. The highest BCUT2D eigenvalue weighted by molar-refractivity contribution is 4.75. The number of nitrogens with zero attached hydrogens (tertiary/aromatic N) is 2. The summed E-state index contributed by atoms with van der Waals surface area (Å²) >= 11 is 0. The maximum absolute atomic E-state index is 5.79. The molecule has 1 heterocycles. The van der Waals surface area contributed by atoms with E-state index in [9.17, 15) is 0 Å². The number of nitrogens with one attached hydrogen (secondary N) is 1. The molecule has 96 valence electrons. The average molecular weight is 230 g/mol. The first-order valence-corrected chi connectivity index (χ1v) is 6.06. The van der Waals surface area contributed by atoms with Gasteiger partial charge < -0.3 is 15.4 Å². The molecule has 0 amide bonds. The van der Waals surface area contributed by atoms with Gasteiger partial charge in [-0.2, -0.15) is 0 Å². The van der Waals surface area contributed by atoms with Gasteiger partial charge in [-0.3, -0.25) is 5.43 Å². The summed E-state index contributed by atoms with van der Waals surface area (Å²) in [5.74, 6) is 0.439. The number of nitrogens with two attached hydrogens (primary N) is 1. The molecule has 2 atom stereocenters. The van der Waals surface area contributed by atoms with E-state index in [1.54, 1.807) is 7.11 Å². The van der Waals surface area contributed by atoms with E-state index < -0.39 is 0 Å². The maximum Gasteiger partial charge on any atom is 0.0503 e. The molecule has 1 fully saturated rings. The number of likely N-dealkylation sites (N-methyl/N-ethyl adjacent to an activating group) is 1. The molecule has 0 radical (unpaired) electrons. The Morgan fingerprint density at radius 3 is 2.44 bits per heavy atom. The molecule has 5 heteroatoms. The molecule has 0 aromatic heterocycles. The van der Waals surface area contributed by atoms with Crippen molar-refractivity contribution >= 4 is 0 Å². The van der Waals surface area contributed by atoms with Crippen LogP contribution in [0.15, 0.2) is 0 Å². The second kappa shape index (κ2) is 7.19. The Bertz CT molecular complexity index is 183.